The van der Waals surface area contributed by atoms with Crippen LogP contribution in [-0.4, -0.2) is 37.9 Å². The van der Waals surface area contributed by atoms with Crippen molar-refractivity contribution in [1.82, 2.24) is 0 Å². The molecule has 0 bridgehead atoms. The first-order valence-electron chi connectivity index (χ1n) is 27.8. The van der Waals surface area contributed by atoms with Gasteiger partial charge in [0.05, 0.1) is 6.61 Å². The fourth-order valence-corrected chi connectivity index (χ4v) is 7.85. The molecule has 0 aliphatic carbocycles. The van der Waals surface area contributed by atoms with E-state index in [1.54, 1.807) is 0 Å². The highest BCUT2D eigenvalue weighted by atomic mass is 16.6. The van der Waals surface area contributed by atoms with Gasteiger partial charge in [-0.05, 0) is 83.5 Å². The minimum atomic E-state index is -0.561. The number of rotatable bonds is 51. The number of hydrogen-bond acceptors (Lipinski definition) is 5. The Bertz CT molecular complexity index is 1100. The van der Waals surface area contributed by atoms with Gasteiger partial charge in [-0.3, -0.25) is 9.59 Å². The van der Waals surface area contributed by atoms with Gasteiger partial charge in [-0.2, -0.15) is 0 Å². The monoisotopic (exact) mass is 895 g/mol. The number of allylic oxidation sites excluding steroid dienone is 10. The molecular weight excluding hydrogens is 789 g/mol. The third kappa shape index (κ3) is 52.2. The Kier molecular flexibility index (Phi) is 52.9. The SMILES string of the molecule is CCCCC/C=C\C/C=C\C/C=C\C/C=C\CCCC(=O)OC[C@@H](COCCCCCCCCCCCCCCCCCC)OC(=O)CCCCCCC/C=C\CCCCCCCC. The van der Waals surface area contributed by atoms with Crippen LogP contribution in [0.15, 0.2) is 60.8 Å². The number of esters is 2. The zero-order valence-corrected chi connectivity index (χ0v) is 42.8. The predicted octanol–water partition coefficient (Wildman–Crippen LogP) is 18.9. The maximum absolute atomic E-state index is 12.8. The van der Waals surface area contributed by atoms with Crippen LogP contribution in [-0.2, 0) is 23.8 Å². The van der Waals surface area contributed by atoms with E-state index < -0.39 is 6.10 Å². The van der Waals surface area contributed by atoms with Crippen molar-refractivity contribution < 1.29 is 23.8 Å². The lowest BCUT2D eigenvalue weighted by atomic mass is 10.0. The molecule has 0 aromatic heterocycles. The van der Waals surface area contributed by atoms with E-state index in [9.17, 15) is 9.59 Å². The molecule has 5 heteroatoms. The second-order valence-electron chi connectivity index (χ2n) is 18.5. The van der Waals surface area contributed by atoms with E-state index in [1.807, 2.05) is 0 Å². The number of carbonyl (C=O) groups is 2. The van der Waals surface area contributed by atoms with Crippen LogP contribution in [0.4, 0.5) is 0 Å². The fourth-order valence-electron chi connectivity index (χ4n) is 7.85. The van der Waals surface area contributed by atoms with Crippen molar-refractivity contribution in [2.24, 2.45) is 0 Å². The molecule has 0 fully saturated rings. The maximum atomic E-state index is 12.8. The molecule has 0 aromatic rings. The molecule has 0 N–H and O–H groups in total. The smallest absolute Gasteiger partial charge is 0.306 e. The molecule has 0 unspecified atom stereocenters. The summed E-state index contributed by atoms with van der Waals surface area (Å²) >= 11 is 0. The molecule has 0 saturated heterocycles. The van der Waals surface area contributed by atoms with Crippen molar-refractivity contribution in [3.05, 3.63) is 60.8 Å². The first-order chi connectivity index (χ1) is 31.6. The van der Waals surface area contributed by atoms with E-state index in [4.69, 9.17) is 14.2 Å². The Labute approximate surface area is 398 Å². The Morgan fingerprint density at radius 2 is 0.672 bits per heavy atom. The van der Waals surface area contributed by atoms with Gasteiger partial charge in [0.15, 0.2) is 6.10 Å². The number of hydrogen-bond donors (Lipinski definition) is 0. The first kappa shape index (κ1) is 61.6. The van der Waals surface area contributed by atoms with E-state index in [2.05, 4.69) is 81.5 Å². The summed E-state index contributed by atoms with van der Waals surface area (Å²) in [7, 11) is 0. The van der Waals surface area contributed by atoms with E-state index in [0.29, 0.717) is 19.4 Å². The number of ether oxygens (including phenoxy) is 3. The van der Waals surface area contributed by atoms with E-state index in [1.165, 1.54) is 173 Å². The molecular formula is C59H106O5. The Hall–Kier alpha value is -2.40. The summed E-state index contributed by atoms with van der Waals surface area (Å²) in [5, 5.41) is 0. The maximum Gasteiger partial charge on any atom is 0.306 e. The highest BCUT2D eigenvalue weighted by Gasteiger charge is 2.17. The van der Waals surface area contributed by atoms with Gasteiger partial charge in [-0.25, -0.2) is 0 Å². The Morgan fingerprint density at radius 1 is 0.344 bits per heavy atom. The summed E-state index contributed by atoms with van der Waals surface area (Å²) in [4.78, 5) is 25.4. The summed E-state index contributed by atoms with van der Waals surface area (Å²) in [6.07, 6.45) is 69.5. The molecule has 0 aliphatic rings. The summed E-state index contributed by atoms with van der Waals surface area (Å²) in [5.41, 5.74) is 0. The van der Waals surface area contributed by atoms with Crippen LogP contribution in [0.25, 0.3) is 0 Å². The summed E-state index contributed by atoms with van der Waals surface area (Å²) in [6.45, 7) is 7.77. The molecule has 0 radical (unpaired) electrons. The number of carbonyl (C=O) groups excluding carboxylic acids is 2. The van der Waals surface area contributed by atoms with Crippen LogP contribution in [0.1, 0.15) is 278 Å². The van der Waals surface area contributed by atoms with Crippen molar-refractivity contribution in [3.8, 4) is 0 Å². The third-order valence-electron chi connectivity index (χ3n) is 12.0. The van der Waals surface area contributed by atoms with Gasteiger partial charge < -0.3 is 14.2 Å². The normalized spacial score (nSPS) is 12.6. The molecule has 64 heavy (non-hydrogen) atoms. The second-order valence-corrected chi connectivity index (χ2v) is 18.5. The van der Waals surface area contributed by atoms with Crippen LogP contribution in [0.3, 0.4) is 0 Å². The van der Waals surface area contributed by atoms with Crippen molar-refractivity contribution in [2.75, 3.05) is 19.8 Å². The van der Waals surface area contributed by atoms with Gasteiger partial charge >= 0.3 is 11.9 Å². The van der Waals surface area contributed by atoms with Gasteiger partial charge in [0.2, 0.25) is 0 Å². The summed E-state index contributed by atoms with van der Waals surface area (Å²) in [6, 6.07) is 0. The minimum absolute atomic E-state index is 0.0558. The standard InChI is InChI=1S/C59H106O5/c1-4-7-10-13-16-19-22-25-28-30-32-34-37-40-43-46-49-52-58(60)63-56-57(55-62-54-51-48-45-42-39-36-33-29-26-23-20-17-14-11-8-5-2)64-59(61)53-50-47-44-41-38-35-31-27-24-21-18-15-12-9-6-3/h16,19,25,27-28,31-32,34,40,43,57H,4-15,17-18,20-24,26,29-30,33,35-39,41-42,44-56H2,1-3H3/b19-16-,28-25-,31-27-,34-32-,43-40-/t57-/m1/s1. The molecule has 0 aromatic carbocycles. The largest absolute Gasteiger partial charge is 0.462 e. The van der Waals surface area contributed by atoms with E-state index in [0.717, 1.165) is 70.6 Å². The molecule has 0 amide bonds. The van der Waals surface area contributed by atoms with Crippen molar-refractivity contribution in [3.63, 3.8) is 0 Å². The molecule has 0 aliphatic heterocycles. The summed E-state index contributed by atoms with van der Waals surface area (Å²) in [5.74, 6) is -0.461. The molecule has 1 atom stereocenters. The van der Waals surface area contributed by atoms with Crippen LogP contribution >= 0.6 is 0 Å². The quantitative estimate of drug-likeness (QED) is 0.0346. The Morgan fingerprint density at radius 3 is 1.14 bits per heavy atom. The molecule has 372 valence electrons. The molecule has 0 heterocycles. The van der Waals surface area contributed by atoms with Gasteiger partial charge in [0.1, 0.15) is 6.61 Å². The average molecular weight is 895 g/mol. The third-order valence-corrected chi connectivity index (χ3v) is 12.0. The predicted molar refractivity (Wildman–Crippen MR) is 279 cm³/mol. The van der Waals surface area contributed by atoms with Gasteiger partial charge in [0, 0.05) is 19.4 Å². The Balaban J connectivity index is 4.35. The van der Waals surface area contributed by atoms with Crippen LogP contribution in [0, 0.1) is 0 Å². The lowest BCUT2D eigenvalue weighted by molar-refractivity contribution is -0.163. The lowest BCUT2D eigenvalue weighted by Gasteiger charge is -2.18. The van der Waals surface area contributed by atoms with Crippen molar-refractivity contribution in [2.45, 2.75) is 284 Å². The van der Waals surface area contributed by atoms with E-state index >= 15 is 0 Å². The zero-order valence-electron chi connectivity index (χ0n) is 42.8. The second kappa shape index (κ2) is 54.9. The van der Waals surface area contributed by atoms with Crippen LogP contribution in [0.5, 0.6) is 0 Å². The lowest BCUT2D eigenvalue weighted by Crippen LogP contribution is -2.30. The zero-order chi connectivity index (χ0) is 46.3. The van der Waals surface area contributed by atoms with Crippen LogP contribution in [0.2, 0.25) is 0 Å². The molecule has 0 spiro atoms. The van der Waals surface area contributed by atoms with Gasteiger partial charge in [-0.15, -0.1) is 0 Å². The highest BCUT2D eigenvalue weighted by molar-refractivity contribution is 5.70. The van der Waals surface area contributed by atoms with Gasteiger partial charge in [-0.1, -0.05) is 242 Å². The van der Waals surface area contributed by atoms with E-state index in [-0.39, 0.29) is 25.2 Å². The molecule has 0 saturated carbocycles. The molecule has 5 nitrogen and oxygen atoms in total. The fraction of sp³-hybridized carbons (Fsp3) is 0.797. The topological polar surface area (TPSA) is 61.8 Å². The highest BCUT2D eigenvalue weighted by Crippen LogP contribution is 2.15. The van der Waals surface area contributed by atoms with Crippen molar-refractivity contribution >= 4 is 11.9 Å². The first-order valence-corrected chi connectivity index (χ1v) is 27.8. The van der Waals surface area contributed by atoms with Crippen molar-refractivity contribution in [1.29, 1.82) is 0 Å². The number of unbranched alkanes of at least 4 members (excludes halogenated alkanes) is 30. The summed E-state index contributed by atoms with van der Waals surface area (Å²) < 4.78 is 17.4. The van der Waals surface area contributed by atoms with Crippen LogP contribution < -0.4 is 0 Å². The van der Waals surface area contributed by atoms with Gasteiger partial charge in [0.25, 0.3) is 0 Å². The molecule has 0 rings (SSSR count). The average Bonchev–Trinajstić information content (AvgIpc) is 3.30. The minimum Gasteiger partial charge on any atom is -0.462 e.